The molecule has 0 fully saturated rings. The van der Waals surface area contributed by atoms with E-state index in [1.54, 1.807) is 28.7 Å². The predicted molar refractivity (Wildman–Crippen MR) is 119 cm³/mol. The van der Waals surface area contributed by atoms with Gasteiger partial charge in [0.05, 0.1) is 6.20 Å². The number of carbonyl (C=O) groups excluding carboxylic acids is 1. The third-order valence-corrected chi connectivity index (χ3v) is 5.92. The van der Waals surface area contributed by atoms with Crippen LogP contribution in [0.3, 0.4) is 0 Å². The van der Waals surface area contributed by atoms with E-state index in [1.807, 2.05) is 45.4 Å². The highest BCUT2D eigenvalue weighted by atomic mass is 16.5. The Bertz CT molecular complexity index is 1390. The van der Waals surface area contributed by atoms with Crippen LogP contribution < -0.4 is 10.3 Å². The van der Waals surface area contributed by atoms with E-state index >= 15 is 0 Å². The van der Waals surface area contributed by atoms with Gasteiger partial charge < -0.3 is 14.3 Å². The van der Waals surface area contributed by atoms with Crippen molar-refractivity contribution < 1.29 is 9.53 Å². The van der Waals surface area contributed by atoms with Gasteiger partial charge in [0.1, 0.15) is 11.3 Å². The molecular formula is C24H24N4O3. The quantitative estimate of drug-likeness (QED) is 0.555. The van der Waals surface area contributed by atoms with Crippen LogP contribution in [0.2, 0.25) is 0 Å². The minimum atomic E-state index is -0.482. The molecule has 4 aromatic rings. The van der Waals surface area contributed by atoms with E-state index < -0.39 is 6.10 Å². The molecule has 1 atom stereocenters. The van der Waals surface area contributed by atoms with Crippen molar-refractivity contribution in [2.75, 3.05) is 0 Å². The van der Waals surface area contributed by atoms with Crippen molar-refractivity contribution in [3.05, 3.63) is 58.9 Å². The van der Waals surface area contributed by atoms with Gasteiger partial charge in [-0.1, -0.05) is 13.8 Å². The van der Waals surface area contributed by atoms with Crippen molar-refractivity contribution in [2.45, 2.75) is 26.4 Å². The van der Waals surface area contributed by atoms with Gasteiger partial charge in [-0.3, -0.25) is 14.3 Å². The van der Waals surface area contributed by atoms with Crippen molar-refractivity contribution in [1.82, 2.24) is 19.3 Å². The van der Waals surface area contributed by atoms with Crippen LogP contribution in [-0.4, -0.2) is 31.2 Å². The maximum absolute atomic E-state index is 12.8. The SMILES string of the molecule is CC(C)C1Oc2c(cc(-c3cnn(C)c3)cc2-c2cn(C)c(=O)c3[nH]ccc23)CC1=O. The highest BCUT2D eigenvalue weighted by Gasteiger charge is 2.33. The van der Waals surface area contributed by atoms with Crippen molar-refractivity contribution >= 4 is 16.7 Å². The van der Waals surface area contributed by atoms with E-state index in [4.69, 9.17) is 4.74 Å². The lowest BCUT2D eigenvalue weighted by molar-refractivity contribution is -0.128. The van der Waals surface area contributed by atoms with Gasteiger partial charge in [0.25, 0.3) is 5.56 Å². The second-order valence-electron chi connectivity index (χ2n) is 8.57. The van der Waals surface area contributed by atoms with Gasteiger partial charge in [0, 0.05) is 66.7 Å². The molecule has 0 saturated carbocycles. The maximum Gasteiger partial charge on any atom is 0.274 e. The first-order valence-electron chi connectivity index (χ1n) is 10.4. The minimum Gasteiger partial charge on any atom is -0.481 e. The highest BCUT2D eigenvalue weighted by molar-refractivity contribution is 5.99. The lowest BCUT2D eigenvalue weighted by atomic mass is 9.88. The smallest absolute Gasteiger partial charge is 0.274 e. The van der Waals surface area contributed by atoms with Crippen molar-refractivity contribution in [3.63, 3.8) is 0 Å². The van der Waals surface area contributed by atoms with Crippen LogP contribution in [-0.2, 0) is 25.3 Å². The Morgan fingerprint density at radius 1 is 1.13 bits per heavy atom. The number of rotatable bonds is 3. The predicted octanol–water partition coefficient (Wildman–Crippen LogP) is 3.46. The van der Waals surface area contributed by atoms with E-state index in [0.29, 0.717) is 17.7 Å². The van der Waals surface area contributed by atoms with E-state index in [9.17, 15) is 9.59 Å². The molecule has 31 heavy (non-hydrogen) atoms. The van der Waals surface area contributed by atoms with Gasteiger partial charge in [-0.2, -0.15) is 5.10 Å². The molecule has 0 aliphatic carbocycles. The zero-order valence-corrected chi connectivity index (χ0v) is 18.0. The number of aromatic nitrogens is 4. The summed E-state index contributed by atoms with van der Waals surface area (Å²) in [7, 11) is 3.61. The Morgan fingerprint density at radius 2 is 1.94 bits per heavy atom. The van der Waals surface area contributed by atoms with Crippen LogP contribution in [0, 0.1) is 5.92 Å². The van der Waals surface area contributed by atoms with Crippen LogP contribution in [0.25, 0.3) is 33.2 Å². The Labute approximate surface area is 179 Å². The number of Topliss-reactive ketones (excluding diaryl/α,β-unsaturated/α-hetero) is 1. The van der Waals surface area contributed by atoms with Gasteiger partial charge in [-0.05, 0) is 29.7 Å². The monoisotopic (exact) mass is 416 g/mol. The van der Waals surface area contributed by atoms with Gasteiger partial charge in [-0.25, -0.2) is 0 Å². The zero-order valence-electron chi connectivity index (χ0n) is 18.0. The molecule has 0 amide bonds. The number of H-pyrrole nitrogens is 1. The van der Waals surface area contributed by atoms with Crippen LogP contribution in [0.1, 0.15) is 19.4 Å². The summed E-state index contributed by atoms with van der Waals surface area (Å²) in [6, 6.07) is 5.99. The molecule has 0 radical (unpaired) electrons. The molecule has 0 bridgehead atoms. The van der Waals surface area contributed by atoms with Crippen molar-refractivity contribution in [1.29, 1.82) is 0 Å². The second-order valence-corrected chi connectivity index (χ2v) is 8.57. The Kier molecular flexibility index (Phi) is 4.36. The summed E-state index contributed by atoms with van der Waals surface area (Å²) in [5.41, 5.74) is 4.99. The van der Waals surface area contributed by atoms with Crippen LogP contribution in [0.5, 0.6) is 5.75 Å². The average Bonchev–Trinajstić information content (AvgIpc) is 3.38. The summed E-state index contributed by atoms with van der Waals surface area (Å²) in [4.78, 5) is 28.4. The number of aromatic amines is 1. The van der Waals surface area contributed by atoms with E-state index in [1.165, 1.54) is 0 Å². The average molecular weight is 416 g/mol. The number of ether oxygens (including phenoxy) is 1. The van der Waals surface area contributed by atoms with Crippen LogP contribution in [0.4, 0.5) is 0 Å². The van der Waals surface area contributed by atoms with E-state index in [-0.39, 0.29) is 17.3 Å². The fourth-order valence-corrected chi connectivity index (χ4v) is 4.37. The molecule has 4 heterocycles. The number of aryl methyl sites for hydroxylation is 2. The fraction of sp³-hybridized carbons (Fsp3) is 0.292. The Morgan fingerprint density at radius 3 is 2.65 bits per heavy atom. The van der Waals surface area contributed by atoms with E-state index in [2.05, 4.69) is 16.1 Å². The summed E-state index contributed by atoms with van der Waals surface area (Å²) in [6.45, 7) is 3.99. The number of hydrogen-bond acceptors (Lipinski definition) is 4. The largest absolute Gasteiger partial charge is 0.481 e. The number of carbonyl (C=O) groups is 1. The molecule has 3 aromatic heterocycles. The summed E-state index contributed by atoms with van der Waals surface area (Å²) < 4.78 is 9.64. The summed E-state index contributed by atoms with van der Waals surface area (Å²) >= 11 is 0. The molecule has 1 unspecified atom stereocenters. The number of hydrogen-bond donors (Lipinski definition) is 1. The molecule has 1 aromatic carbocycles. The maximum atomic E-state index is 12.8. The standard InChI is InChI=1S/C24H24N4O3/c1-13(2)22-20(29)9-15-7-14(16-10-26-28(4)11-16)8-18(23(15)31-22)19-12-27(3)24(30)21-17(19)5-6-25-21/h5-8,10-13,22,25H,9H2,1-4H3. The lowest BCUT2D eigenvalue weighted by Crippen LogP contribution is -2.37. The number of pyridine rings is 1. The van der Waals surface area contributed by atoms with Crippen LogP contribution in [0.15, 0.2) is 47.8 Å². The number of nitrogens with one attached hydrogen (secondary N) is 1. The fourth-order valence-electron chi connectivity index (χ4n) is 4.37. The van der Waals surface area contributed by atoms with Crippen LogP contribution >= 0.6 is 0 Å². The third-order valence-electron chi connectivity index (χ3n) is 5.92. The summed E-state index contributed by atoms with van der Waals surface area (Å²) in [5, 5.41) is 5.12. The normalized spacial score (nSPS) is 16.0. The molecule has 1 N–H and O–H groups in total. The van der Waals surface area contributed by atoms with Gasteiger partial charge >= 0.3 is 0 Å². The first-order chi connectivity index (χ1) is 14.8. The molecule has 7 nitrogen and oxygen atoms in total. The number of benzene rings is 1. The number of ketones is 1. The molecule has 1 aliphatic heterocycles. The molecule has 0 spiro atoms. The lowest BCUT2D eigenvalue weighted by Gasteiger charge is -2.30. The van der Waals surface area contributed by atoms with Gasteiger partial charge in [-0.15, -0.1) is 0 Å². The molecule has 0 saturated heterocycles. The van der Waals surface area contributed by atoms with Gasteiger partial charge in [0.15, 0.2) is 11.9 Å². The topological polar surface area (TPSA) is 81.9 Å². The van der Waals surface area contributed by atoms with Crippen molar-refractivity contribution in [3.8, 4) is 28.0 Å². The molecule has 5 rings (SSSR count). The first kappa shape index (κ1) is 19.4. The van der Waals surface area contributed by atoms with Crippen molar-refractivity contribution in [2.24, 2.45) is 20.0 Å². The first-order valence-corrected chi connectivity index (χ1v) is 10.4. The molecular weight excluding hydrogens is 392 g/mol. The van der Waals surface area contributed by atoms with Gasteiger partial charge in [0.2, 0.25) is 0 Å². The highest BCUT2D eigenvalue weighted by Crippen LogP contribution is 2.43. The third kappa shape index (κ3) is 3.08. The summed E-state index contributed by atoms with van der Waals surface area (Å²) in [6.07, 6.45) is 7.20. The summed E-state index contributed by atoms with van der Waals surface area (Å²) in [5.74, 6) is 0.870. The minimum absolute atomic E-state index is 0.0684. The number of fused-ring (bicyclic) bond motifs is 2. The number of nitrogens with zero attached hydrogens (tertiary/aromatic N) is 3. The van der Waals surface area contributed by atoms with E-state index in [0.717, 1.165) is 33.2 Å². The molecule has 1 aliphatic rings. The Hall–Kier alpha value is -3.61. The zero-order chi connectivity index (χ0) is 21.9. The second kappa shape index (κ2) is 6.97. The molecule has 158 valence electrons. The molecule has 7 heteroatoms. The Balaban J connectivity index is 1.81.